The molecule has 0 spiro atoms. The fraction of sp³-hybridized carbons (Fsp3) is 0.231. The lowest BCUT2D eigenvalue weighted by Crippen LogP contribution is -2.12. The number of anilines is 1. The van der Waals surface area contributed by atoms with Crippen molar-refractivity contribution in [2.75, 3.05) is 18.5 Å². The number of thiophene rings is 1. The van der Waals surface area contributed by atoms with Gasteiger partial charge in [-0.25, -0.2) is 4.79 Å². The van der Waals surface area contributed by atoms with E-state index in [1.54, 1.807) is 13.0 Å². The van der Waals surface area contributed by atoms with Crippen molar-refractivity contribution in [2.24, 2.45) is 0 Å². The van der Waals surface area contributed by atoms with Gasteiger partial charge < -0.3 is 14.8 Å². The topological polar surface area (TPSA) is 64.6 Å². The fourth-order valence-electron chi connectivity index (χ4n) is 3.20. The lowest BCUT2D eigenvalue weighted by atomic mass is 9.99. The van der Waals surface area contributed by atoms with Crippen LogP contribution >= 0.6 is 11.3 Å². The molecule has 0 saturated carbocycles. The van der Waals surface area contributed by atoms with Gasteiger partial charge in [-0.3, -0.25) is 4.79 Å². The number of rotatable bonds is 8. The number of amides is 1. The highest BCUT2D eigenvalue weighted by Crippen LogP contribution is 2.37. The normalized spacial score (nSPS) is 10.9. The van der Waals surface area contributed by atoms with E-state index in [-0.39, 0.29) is 12.5 Å². The Balaban J connectivity index is 1.89. The van der Waals surface area contributed by atoms with E-state index in [0.717, 1.165) is 22.3 Å². The van der Waals surface area contributed by atoms with Gasteiger partial charge in [0.2, 0.25) is 5.91 Å². The summed E-state index contributed by atoms with van der Waals surface area (Å²) in [6.45, 7) is 8.53. The van der Waals surface area contributed by atoms with Crippen LogP contribution < -0.4 is 10.1 Å². The molecule has 1 aromatic heterocycles. The Morgan fingerprint density at radius 1 is 1.03 bits per heavy atom. The molecule has 0 aliphatic rings. The van der Waals surface area contributed by atoms with Crippen LogP contribution in [0.5, 0.6) is 5.75 Å². The van der Waals surface area contributed by atoms with Gasteiger partial charge in [0.1, 0.15) is 16.3 Å². The molecule has 0 aliphatic heterocycles. The van der Waals surface area contributed by atoms with Gasteiger partial charge in [0.05, 0.1) is 13.2 Å². The Morgan fingerprint density at radius 2 is 1.81 bits per heavy atom. The molecule has 0 bridgehead atoms. The second-order valence-corrected chi connectivity index (χ2v) is 8.05. The number of carbonyl (C=O) groups is 2. The van der Waals surface area contributed by atoms with Crippen molar-refractivity contribution in [2.45, 2.75) is 27.7 Å². The third-order valence-electron chi connectivity index (χ3n) is 4.96. The molecule has 32 heavy (non-hydrogen) atoms. The van der Waals surface area contributed by atoms with Crippen molar-refractivity contribution in [1.82, 2.24) is 0 Å². The fourth-order valence-corrected chi connectivity index (χ4v) is 4.16. The predicted octanol–water partition coefficient (Wildman–Crippen LogP) is 6.26. The molecular formula is C26H27NO4S. The second-order valence-electron chi connectivity index (χ2n) is 7.17. The molecule has 2 aromatic carbocycles. The van der Waals surface area contributed by atoms with Crippen LogP contribution in [0, 0.1) is 13.8 Å². The van der Waals surface area contributed by atoms with E-state index in [0.29, 0.717) is 22.9 Å². The number of hydrogen-bond acceptors (Lipinski definition) is 5. The van der Waals surface area contributed by atoms with Gasteiger partial charge in [-0.15, -0.1) is 11.3 Å². The molecule has 0 aliphatic carbocycles. The molecule has 166 valence electrons. The van der Waals surface area contributed by atoms with Crippen LogP contribution in [0.25, 0.3) is 17.2 Å². The molecule has 6 heteroatoms. The first-order valence-corrected chi connectivity index (χ1v) is 11.4. The number of benzene rings is 2. The first-order chi connectivity index (χ1) is 15.4. The van der Waals surface area contributed by atoms with Crippen molar-refractivity contribution in [3.05, 3.63) is 76.2 Å². The van der Waals surface area contributed by atoms with E-state index in [1.807, 2.05) is 68.6 Å². The number of carbonyl (C=O) groups excluding carboxylic acids is 2. The van der Waals surface area contributed by atoms with Gasteiger partial charge >= 0.3 is 5.97 Å². The number of hydrogen-bond donors (Lipinski definition) is 1. The van der Waals surface area contributed by atoms with Gasteiger partial charge in [0, 0.05) is 22.6 Å². The zero-order valence-corrected chi connectivity index (χ0v) is 19.5. The van der Waals surface area contributed by atoms with Crippen LogP contribution in [0.2, 0.25) is 0 Å². The number of para-hydroxylation sites is 1. The van der Waals surface area contributed by atoms with E-state index < -0.39 is 5.97 Å². The highest BCUT2D eigenvalue weighted by atomic mass is 32.1. The average molecular weight is 450 g/mol. The molecule has 1 N–H and O–H groups in total. The van der Waals surface area contributed by atoms with E-state index in [9.17, 15) is 9.59 Å². The molecular weight excluding hydrogens is 422 g/mol. The summed E-state index contributed by atoms with van der Waals surface area (Å²) in [5.74, 6) is -0.0855. The molecule has 0 fully saturated rings. The molecule has 0 radical (unpaired) electrons. The molecule has 1 heterocycles. The molecule has 0 atom stereocenters. The maximum atomic E-state index is 12.7. The highest BCUT2D eigenvalue weighted by molar-refractivity contribution is 7.15. The molecule has 0 saturated heterocycles. The van der Waals surface area contributed by atoms with E-state index in [1.165, 1.54) is 23.0 Å². The van der Waals surface area contributed by atoms with Crippen LogP contribution in [0.15, 0.2) is 53.9 Å². The molecule has 5 nitrogen and oxygen atoms in total. The van der Waals surface area contributed by atoms with E-state index in [2.05, 4.69) is 5.32 Å². The van der Waals surface area contributed by atoms with E-state index >= 15 is 0 Å². The zero-order chi connectivity index (χ0) is 23.1. The van der Waals surface area contributed by atoms with Crippen molar-refractivity contribution in [3.63, 3.8) is 0 Å². The summed E-state index contributed by atoms with van der Waals surface area (Å²) in [7, 11) is 0. The number of esters is 1. The van der Waals surface area contributed by atoms with Crippen molar-refractivity contribution < 1.29 is 19.1 Å². The molecule has 0 unspecified atom stereocenters. The number of aryl methyl sites for hydroxylation is 2. The lowest BCUT2D eigenvalue weighted by Gasteiger charge is -2.09. The largest absolute Gasteiger partial charge is 0.493 e. The Labute approximate surface area is 192 Å². The minimum atomic E-state index is -0.456. The maximum Gasteiger partial charge on any atom is 0.341 e. The minimum absolute atomic E-state index is 0.253. The van der Waals surface area contributed by atoms with Crippen molar-refractivity contribution >= 4 is 34.3 Å². The summed E-state index contributed by atoms with van der Waals surface area (Å²) >= 11 is 1.31. The summed E-state index contributed by atoms with van der Waals surface area (Å²) in [6, 6.07) is 13.5. The highest BCUT2D eigenvalue weighted by Gasteiger charge is 2.22. The van der Waals surface area contributed by atoms with Crippen LogP contribution in [-0.4, -0.2) is 25.1 Å². The first kappa shape index (κ1) is 23.3. The third kappa shape index (κ3) is 5.45. The Kier molecular flexibility index (Phi) is 7.84. The summed E-state index contributed by atoms with van der Waals surface area (Å²) < 4.78 is 10.9. The van der Waals surface area contributed by atoms with Crippen LogP contribution in [0.1, 0.15) is 40.9 Å². The Bertz CT molecular complexity index is 1150. The quantitative estimate of drug-likeness (QED) is 0.326. The average Bonchev–Trinajstić information content (AvgIpc) is 3.19. The van der Waals surface area contributed by atoms with Crippen molar-refractivity contribution in [3.8, 4) is 16.9 Å². The second kappa shape index (κ2) is 10.8. The van der Waals surface area contributed by atoms with Crippen LogP contribution in [0.3, 0.4) is 0 Å². The Morgan fingerprint density at radius 3 is 2.53 bits per heavy atom. The summed E-state index contributed by atoms with van der Waals surface area (Å²) in [5.41, 5.74) is 5.14. The SMILES string of the molecule is CCOC(=O)c1c(-c2ccc(C)c(C)c2)csc1NC(=O)/C=C/c1ccccc1OCC. The van der Waals surface area contributed by atoms with Crippen molar-refractivity contribution in [1.29, 1.82) is 0 Å². The lowest BCUT2D eigenvalue weighted by molar-refractivity contribution is -0.111. The molecule has 3 aromatic rings. The van der Waals surface area contributed by atoms with Gasteiger partial charge in [0.25, 0.3) is 0 Å². The number of nitrogens with one attached hydrogen (secondary N) is 1. The van der Waals surface area contributed by atoms with Gasteiger partial charge in [-0.05, 0) is 56.5 Å². The summed E-state index contributed by atoms with van der Waals surface area (Å²) in [4.78, 5) is 25.4. The zero-order valence-electron chi connectivity index (χ0n) is 18.7. The van der Waals surface area contributed by atoms with Crippen LogP contribution in [0.4, 0.5) is 5.00 Å². The van der Waals surface area contributed by atoms with Gasteiger partial charge in [-0.2, -0.15) is 0 Å². The standard InChI is InChI=1S/C26H27NO4S/c1-5-30-22-10-8-7-9-19(22)13-14-23(28)27-25-24(26(29)31-6-2)21(16-32-25)20-12-11-17(3)18(4)15-20/h7-16H,5-6H2,1-4H3,(H,27,28)/b14-13+. The minimum Gasteiger partial charge on any atom is -0.493 e. The summed E-state index contributed by atoms with van der Waals surface area (Å²) in [6.07, 6.45) is 3.13. The van der Waals surface area contributed by atoms with Crippen LogP contribution in [-0.2, 0) is 9.53 Å². The predicted molar refractivity (Wildman–Crippen MR) is 130 cm³/mol. The number of ether oxygens (including phenoxy) is 2. The van der Waals surface area contributed by atoms with E-state index in [4.69, 9.17) is 9.47 Å². The smallest absolute Gasteiger partial charge is 0.341 e. The molecule has 3 rings (SSSR count). The van der Waals surface area contributed by atoms with Gasteiger partial charge in [0.15, 0.2) is 0 Å². The maximum absolute atomic E-state index is 12.7. The Hall–Kier alpha value is -3.38. The molecule has 1 amide bonds. The van der Waals surface area contributed by atoms with Gasteiger partial charge in [-0.1, -0.05) is 36.4 Å². The first-order valence-electron chi connectivity index (χ1n) is 10.5. The monoisotopic (exact) mass is 449 g/mol. The third-order valence-corrected chi connectivity index (χ3v) is 5.85. The summed E-state index contributed by atoms with van der Waals surface area (Å²) in [5, 5.41) is 5.18.